The van der Waals surface area contributed by atoms with Gasteiger partial charge in [-0.25, -0.2) is 17.5 Å². The van der Waals surface area contributed by atoms with Crippen molar-refractivity contribution in [1.29, 1.82) is 0 Å². The minimum Gasteiger partial charge on any atom is -0.399 e. The van der Waals surface area contributed by atoms with Crippen molar-refractivity contribution in [1.82, 2.24) is 20.2 Å². The number of anilines is 1. The molecule has 0 N–H and O–H groups in total. The lowest BCUT2D eigenvalue weighted by Crippen LogP contribution is -2.43. The minimum absolute atomic E-state index is 0.000625. The van der Waals surface area contributed by atoms with Crippen LogP contribution in [0.2, 0.25) is 0 Å². The molecule has 2 heterocycles. The summed E-state index contributed by atoms with van der Waals surface area (Å²) in [5.41, 5.74) is -1.42. The fraction of sp³-hybridized carbons (Fsp3) is 0.409. The van der Waals surface area contributed by atoms with Crippen molar-refractivity contribution in [2.75, 3.05) is 4.31 Å². The molecule has 0 radical (unpaired) electrons. The smallest absolute Gasteiger partial charge is 0.399 e. The maximum absolute atomic E-state index is 15.3. The molecule has 12 nitrogen and oxygen atoms in total. The molecule has 196 valence electrons. The van der Waals surface area contributed by atoms with Crippen molar-refractivity contribution in [3.05, 3.63) is 64.7 Å². The van der Waals surface area contributed by atoms with Crippen LogP contribution in [0.25, 0.3) is 0 Å². The number of benzene rings is 2. The highest BCUT2D eigenvalue weighted by molar-refractivity contribution is 7.92. The Morgan fingerprint density at radius 3 is 2.30 bits per heavy atom. The number of non-ortho nitro benzene ring substituents is 1. The maximum Gasteiger partial charge on any atom is 0.494 e. The van der Waals surface area contributed by atoms with Crippen LogP contribution in [0.15, 0.2) is 53.7 Å². The zero-order valence-corrected chi connectivity index (χ0v) is 21.7. The van der Waals surface area contributed by atoms with Crippen LogP contribution in [0.3, 0.4) is 0 Å². The lowest BCUT2D eigenvalue weighted by molar-refractivity contribution is -0.384. The molecule has 37 heavy (non-hydrogen) atoms. The molecule has 1 aliphatic heterocycles. The number of nitro groups is 1. The highest BCUT2D eigenvalue weighted by atomic mass is 32.2. The third-order valence-electron chi connectivity index (χ3n) is 6.58. The summed E-state index contributed by atoms with van der Waals surface area (Å²) >= 11 is 0. The SMILES string of the molecule is C[C@@H](Cn1cnnn1)N(c1cc(B2OC(C)(C)C(C)(C)O2)ccc1F)S(=O)(=O)c1ccc([N+](=O)[O-])cc1. The average Bonchev–Trinajstić information content (AvgIpc) is 3.39. The third kappa shape index (κ3) is 5.06. The molecule has 1 atom stereocenters. The molecule has 0 bridgehead atoms. The Bertz CT molecular complexity index is 1390. The predicted molar refractivity (Wildman–Crippen MR) is 132 cm³/mol. The summed E-state index contributed by atoms with van der Waals surface area (Å²) < 4.78 is 57.4. The van der Waals surface area contributed by atoms with E-state index in [1.54, 1.807) is 6.92 Å². The molecule has 15 heteroatoms. The average molecular weight is 532 g/mol. The number of halogens is 1. The summed E-state index contributed by atoms with van der Waals surface area (Å²) in [5, 5.41) is 21.9. The molecule has 1 aromatic heterocycles. The Labute approximate surface area is 213 Å². The standard InChI is InChI=1S/C22H26BFN6O6S/c1-15(13-28-14-25-26-27-28)29(37(33,34)18-9-7-17(8-10-18)30(31)32)20-12-16(6-11-19(20)24)23-35-21(2,3)22(4,5)36-23/h6-12,14-15H,13H2,1-5H3/t15-/m0/s1. The van der Waals surface area contributed by atoms with Gasteiger partial charge in [-0.2, -0.15) is 0 Å². The van der Waals surface area contributed by atoms with Crippen LogP contribution >= 0.6 is 0 Å². The molecule has 3 aromatic rings. The van der Waals surface area contributed by atoms with Gasteiger partial charge in [-0.3, -0.25) is 14.4 Å². The third-order valence-corrected chi connectivity index (χ3v) is 8.52. The van der Waals surface area contributed by atoms with Crippen LogP contribution < -0.4 is 9.77 Å². The topological polar surface area (TPSA) is 143 Å². The highest BCUT2D eigenvalue weighted by Crippen LogP contribution is 2.37. The zero-order chi connectivity index (χ0) is 27.2. The second-order valence-corrected chi connectivity index (χ2v) is 11.5. The first-order chi connectivity index (χ1) is 17.2. The number of rotatable bonds is 8. The van der Waals surface area contributed by atoms with Gasteiger partial charge in [0.15, 0.2) is 0 Å². The van der Waals surface area contributed by atoms with E-state index in [1.165, 1.54) is 23.1 Å². The minimum atomic E-state index is -4.40. The largest absolute Gasteiger partial charge is 0.494 e. The summed E-state index contributed by atoms with van der Waals surface area (Å²) in [6.07, 6.45) is 1.31. The van der Waals surface area contributed by atoms with Crippen molar-refractivity contribution in [3.8, 4) is 0 Å². The van der Waals surface area contributed by atoms with E-state index in [0.717, 1.165) is 34.6 Å². The van der Waals surface area contributed by atoms with Crippen molar-refractivity contribution in [2.24, 2.45) is 0 Å². The lowest BCUT2D eigenvalue weighted by Gasteiger charge is -2.32. The van der Waals surface area contributed by atoms with Crippen LogP contribution in [0.5, 0.6) is 0 Å². The van der Waals surface area contributed by atoms with E-state index in [1.807, 2.05) is 27.7 Å². The summed E-state index contributed by atoms with van der Waals surface area (Å²) in [7, 11) is -5.26. The Morgan fingerprint density at radius 1 is 1.14 bits per heavy atom. The number of nitrogens with zero attached hydrogens (tertiary/aromatic N) is 6. The zero-order valence-electron chi connectivity index (χ0n) is 20.9. The molecule has 2 aromatic carbocycles. The van der Waals surface area contributed by atoms with E-state index in [-0.39, 0.29) is 22.8 Å². The van der Waals surface area contributed by atoms with Gasteiger partial charge in [0.1, 0.15) is 12.1 Å². The van der Waals surface area contributed by atoms with Crippen molar-refractivity contribution >= 4 is 34.0 Å². The quantitative estimate of drug-likeness (QED) is 0.243. The first kappa shape index (κ1) is 26.6. The molecule has 1 aliphatic rings. The molecule has 0 unspecified atom stereocenters. The fourth-order valence-electron chi connectivity index (χ4n) is 3.89. The van der Waals surface area contributed by atoms with Gasteiger partial charge in [-0.05, 0) is 74.8 Å². The van der Waals surface area contributed by atoms with E-state index in [0.29, 0.717) is 5.46 Å². The molecule has 0 aliphatic carbocycles. The molecular weight excluding hydrogens is 506 g/mol. The van der Waals surface area contributed by atoms with Gasteiger partial charge in [0.05, 0.1) is 39.3 Å². The van der Waals surface area contributed by atoms with E-state index < -0.39 is 45.1 Å². The summed E-state index contributed by atoms with van der Waals surface area (Å²) in [4.78, 5) is 10.2. The molecular formula is C22H26BFN6O6S. The second kappa shape index (κ2) is 9.47. The molecule has 1 fully saturated rings. The maximum atomic E-state index is 15.3. The molecule has 0 spiro atoms. The monoisotopic (exact) mass is 532 g/mol. The second-order valence-electron chi connectivity index (χ2n) is 9.73. The van der Waals surface area contributed by atoms with E-state index in [9.17, 15) is 18.5 Å². The first-order valence-electron chi connectivity index (χ1n) is 11.4. The normalized spacial score (nSPS) is 17.5. The highest BCUT2D eigenvalue weighted by Gasteiger charge is 2.52. The van der Waals surface area contributed by atoms with Crippen LogP contribution in [0, 0.1) is 15.9 Å². The number of nitro benzene ring substituents is 1. The van der Waals surface area contributed by atoms with Crippen molar-refractivity contribution < 1.29 is 27.0 Å². The number of aromatic nitrogens is 4. The van der Waals surface area contributed by atoms with Crippen LogP contribution in [-0.2, 0) is 25.9 Å². The lowest BCUT2D eigenvalue weighted by atomic mass is 9.79. The van der Waals surface area contributed by atoms with Gasteiger partial charge >= 0.3 is 7.12 Å². The number of tetrazole rings is 1. The van der Waals surface area contributed by atoms with E-state index in [2.05, 4.69) is 15.5 Å². The summed E-state index contributed by atoms with van der Waals surface area (Å²) in [6, 6.07) is 7.51. The Morgan fingerprint density at radius 2 is 1.76 bits per heavy atom. The van der Waals surface area contributed by atoms with E-state index >= 15 is 4.39 Å². The molecule has 4 rings (SSSR count). The van der Waals surface area contributed by atoms with Gasteiger partial charge in [0, 0.05) is 12.1 Å². The van der Waals surface area contributed by atoms with Gasteiger partial charge in [0.25, 0.3) is 15.7 Å². The van der Waals surface area contributed by atoms with Crippen molar-refractivity contribution in [3.63, 3.8) is 0 Å². The van der Waals surface area contributed by atoms with Gasteiger partial charge in [-0.15, -0.1) is 5.10 Å². The van der Waals surface area contributed by atoms with Crippen LogP contribution in [-0.4, -0.2) is 57.9 Å². The van der Waals surface area contributed by atoms with Gasteiger partial charge < -0.3 is 9.31 Å². The van der Waals surface area contributed by atoms with Crippen LogP contribution in [0.4, 0.5) is 15.8 Å². The van der Waals surface area contributed by atoms with Crippen LogP contribution in [0.1, 0.15) is 34.6 Å². The molecule has 0 amide bonds. The summed E-state index contributed by atoms with van der Waals surface area (Å²) in [6.45, 7) is 9.06. The Kier molecular flexibility index (Phi) is 6.81. The van der Waals surface area contributed by atoms with Gasteiger partial charge in [0.2, 0.25) is 0 Å². The fourth-order valence-corrected chi connectivity index (χ4v) is 5.54. The van der Waals surface area contributed by atoms with Crippen molar-refractivity contribution in [2.45, 2.75) is 63.3 Å². The Balaban J connectivity index is 1.80. The first-order valence-corrected chi connectivity index (χ1v) is 12.8. The van der Waals surface area contributed by atoms with Gasteiger partial charge in [-0.1, -0.05) is 6.07 Å². The number of hydrogen-bond acceptors (Lipinski definition) is 9. The Hall–Kier alpha value is -3.43. The number of hydrogen-bond donors (Lipinski definition) is 0. The molecule has 0 saturated carbocycles. The number of sulfonamides is 1. The summed E-state index contributed by atoms with van der Waals surface area (Å²) in [5.74, 6) is -0.797. The van der Waals surface area contributed by atoms with E-state index in [4.69, 9.17) is 9.31 Å². The predicted octanol–water partition coefficient (Wildman–Crippen LogP) is 2.30. The molecule has 1 saturated heterocycles.